The highest BCUT2D eigenvalue weighted by Crippen LogP contribution is 2.45. The van der Waals surface area contributed by atoms with Gasteiger partial charge in [0.05, 0.1) is 11.8 Å². The van der Waals surface area contributed by atoms with Gasteiger partial charge in [0, 0.05) is 17.3 Å². The molecule has 1 N–H and O–H groups in total. The Balaban J connectivity index is 2.23. The zero-order chi connectivity index (χ0) is 13.6. The number of β-lactam (4-membered cyclic amide) rings is 1. The van der Waals surface area contributed by atoms with E-state index in [1.54, 1.807) is 11.8 Å². The summed E-state index contributed by atoms with van der Waals surface area (Å²) in [7, 11) is 0. The molecule has 0 saturated carbocycles. The number of carboxylic acids is 1. The molecule has 6 heteroatoms. The first-order chi connectivity index (χ1) is 8.40. The van der Waals surface area contributed by atoms with Gasteiger partial charge >= 0.3 is 5.97 Å². The second-order valence-electron chi connectivity index (χ2n) is 5.13. The van der Waals surface area contributed by atoms with Gasteiger partial charge in [0.15, 0.2) is 0 Å². The number of fused-ring (bicyclic) bond motifs is 1. The van der Waals surface area contributed by atoms with Crippen LogP contribution >= 0.6 is 11.8 Å². The largest absolute Gasteiger partial charge is 0.481 e. The highest BCUT2D eigenvalue weighted by atomic mass is 32.2. The van der Waals surface area contributed by atoms with Crippen LogP contribution in [0.3, 0.4) is 0 Å². The van der Waals surface area contributed by atoms with Crippen LogP contribution in [0.15, 0.2) is 0 Å². The van der Waals surface area contributed by atoms with Crippen molar-refractivity contribution >= 4 is 23.6 Å². The Bertz CT molecular complexity index is 376. The van der Waals surface area contributed by atoms with E-state index >= 15 is 0 Å². The zero-order valence-corrected chi connectivity index (χ0v) is 11.5. The normalized spacial score (nSPS) is 41.0. The number of alkyl halides is 1. The lowest BCUT2D eigenvalue weighted by atomic mass is 9.72. The van der Waals surface area contributed by atoms with Crippen molar-refractivity contribution < 1.29 is 19.1 Å². The second-order valence-corrected chi connectivity index (χ2v) is 6.21. The molecule has 2 fully saturated rings. The van der Waals surface area contributed by atoms with E-state index in [4.69, 9.17) is 0 Å². The van der Waals surface area contributed by atoms with Crippen LogP contribution < -0.4 is 0 Å². The van der Waals surface area contributed by atoms with Crippen LogP contribution in [0.1, 0.15) is 20.3 Å². The van der Waals surface area contributed by atoms with Crippen LogP contribution in [-0.2, 0) is 9.59 Å². The summed E-state index contributed by atoms with van der Waals surface area (Å²) in [6.45, 7) is 3.16. The first-order valence-corrected chi connectivity index (χ1v) is 7.40. The van der Waals surface area contributed by atoms with Gasteiger partial charge in [-0.1, -0.05) is 0 Å². The number of amides is 1. The Morgan fingerprint density at radius 3 is 2.67 bits per heavy atom. The number of carboxylic acid groups (broad SMARTS) is 1. The summed E-state index contributed by atoms with van der Waals surface area (Å²) >= 11 is 1.50. The molecular formula is C12H18FNO3S. The van der Waals surface area contributed by atoms with Gasteiger partial charge in [-0.15, -0.1) is 0 Å². The minimum absolute atomic E-state index is 0.0481. The summed E-state index contributed by atoms with van der Waals surface area (Å²) in [4.78, 5) is 24.8. The minimum atomic E-state index is -1.16. The molecular weight excluding hydrogens is 257 g/mol. The third-order valence-electron chi connectivity index (χ3n) is 4.23. The number of piperidine rings is 1. The molecule has 2 saturated heterocycles. The van der Waals surface area contributed by atoms with Crippen LogP contribution in [0.5, 0.6) is 0 Å². The fourth-order valence-corrected chi connectivity index (χ4v) is 4.36. The highest BCUT2D eigenvalue weighted by molar-refractivity contribution is 7.99. The van der Waals surface area contributed by atoms with E-state index in [1.165, 1.54) is 18.7 Å². The number of nitrogens with zero attached hydrogens (tertiary/aromatic N) is 1. The maximum atomic E-state index is 13.4. The minimum Gasteiger partial charge on any atom is -0.481 e. The van der Waals surface area contributed by atoms with Gasteiger partial charge in [-0.25, -0.2) is 4.39 Å². The van der Waals surface area contributed by atoms with Crippen molar-refractivity contribution in [1.82, 2.24) is 4.90 Å². The van der Waals surface area contributed by atoms with Gasteiger partial charge < -0.3 is 10.0 Å². The van der Waals surface area contributed by atoms with Crippen molar-refractivity contribution in [3.63, 3.8) is 0 Å². The number of rotatable bonds is 3. The van der Waals surface area contributed by atoms with E-state index in [9.17, 15) is 19.1 Å². The molecule has 2 heterocycles. The van der Waals surface area contributed by atoms with E-state index in [-0.39, 0.29) is 23.2 Å². The smallest absolute Gasteiger partial charge is 0.309 e. The van der Waals surface area contributed by atoms with Crippen molar-refractivity contribution in [2.75, 3.05) is 6.26 Å². The van der Waals surface area contributed by atoms with Crippen LogP contribution in [0.25, 0.3) is 0 Å². The van der Waals surface area contributed by atoms with Crippen molar-refractivity contribution in [3.05, 3.63) is 0 Å². The summed E-state index contributed by atoms with van der Waals surface area (Å²) in [6.07, 6.45) is 1.29. The maximum absolute atomic E-state index is 13.4. The van der Waals surface area contributed by atoms with E-state index in [1.807, 2.05) is 6.26 Å². The number of carbonyl (C=O) groups is 2. The molecule has 0 aromatic rings. The Kier molecular flexibility index (Phi) is 3.58. The lowest BCUT2D eigenvalue weighted by molar-refractivity contribution is -0.176. The Morgan fingerprint density at radius 2 is 2.22 bits per heavy atom. The van der Waals surface area contributed by atoms with Gasteiger partial charge in [-0.05, 0) is 26.5 Å². The van der Waals surface area contributed by atoms with E-state index < -0.39 is 24.0 Å². The van der Waals surface area contributed by atoms with Crippen LogP contribution in [0.2, 0.25) is 0 Å². The van der Waals surface area contributed by atoms with Gasteiger partial charge in [-0.2, -0.15) is 11.8 Å². The van der Waals surface area contributed by atoms with Crippen molar-refractivity contribution in [2.45, 2.75) is 43.8 Å². The Morgan fingerprint density at radius 1 is 1.61 bits per heavy atom. The molecule has 0 aliphatic carbocycles. The molecule has 2 aliphatic rings. The molecule has 3 unspecified atom stereocenters. The summed E-state index contributed by atoms with van der Waals surface area (Å²) < 4.78 is 13.4. The van der Waals surface area contributed by atoms with E-state index in [0.717, 1.165) is 0 Å². The average Bonchev–Trinajstić information content (AvgIpc) is 2.25. The van der Waals surface area contributed by atoms with Gasteiger partial charge in [-0.3, -0.25) is 9.59 Å². The molecule has 0 radical (unpaired) electrons. The first-order valence-electron chi connectivity index (χ1n) is 6.12. The number of carbonyl (C=O) groups excluding carboxylic acids is 1. The van der Waals surface area contributed by atoms with Crippen molar-refractivity contribution in [3.8, 4) is 0 Å². The first kappa shape index (κ1) is 13.6. The average molecular weight is 275 g/mol. The van der Waals surface area contributed by atoms with Gasteiger partial charge in [0.1, 0.15) is 6.17 Å². The molecule has 0 aromatic carbocycles. The summed E-state index contributed by atoms with van der Waals surface area (Å²) in [6, 6.07) is -0.471. The standard InChI is InChI=1S/C12H18FNO3S/c1-5(13)9-7-4-8(18-3)10(12(16)17)6(2)14(7)11(9)15/h5-10H,4H2,1-3H3,(H,16,17)/t5-,6?,7-,8?,9-,10?/m1/s1. The Hall–Kier alpha value is -0.780. The molecule has 0 spiro atoms. The number of aliphatic carboxylic acids is 1. The van der Waals surface area contributed by atoms with E-state index in [0.29, 0.717) is 6.42 Å². The fraction of sp³-hybridized carbons (Fsp3) is 0.833. The maximum Gasteiger partial charge on any atom is 0.309 e. The molecule has 18 heavy (non-hydrogen) atoms. The molecule has 102 valence electrons. The number of halogens is 1. The van der Waals surface area contributed by atoms with Crippen LogP contribution in [0, 0.1) is 11.8 Å². The van der Waals surface area contributed by atoms with Gasteiger partial charge in [0.25, 0.3) is 0 Å². The molecule has 2 rings (SSSR count). The molecule has 6 atom stereocenters. The Labute approximate surface area is 110 Å². The number of thioether (sulfide) groups is 1. The van der Waals surface area contributed by atoms with Crippen LogP contribution in [-0.4, -0.2) is 51.6 Å². The number of hydrogen-bond acceptors (Lipinski definition) is 3. The molecule has 0 aromatic heterocycles. The predicted molar refractivity (Wildman–Crippen MR) is 67.2 cm³/mol. The highest BCUT2D eigenvalue weighted by Gasteiger charge is 2.58. The lowest BCUT2D eigenvalue weighted by Gasteiger charge is -2.57. The van der Waals surface area contributed by atoms with E-state index in [2.05, 4.69) is 0 Å². The molecule has 4 nitrogen and oxygen atoms in total. The summed E-state index contributed by atoms with van der Waals surface area (Å²) in [5, 5.41) is 9.23. The molecule has 1 amide bonds. The van der Waals surface area contributed by atoms with Gasteiger partial charge in [0.2, 0.25) is 5.91 Å². The number of hydrogen-bond donors (Lipinski definition) is 1. The van der Waals surface area contributed by atoms with Crippen LogP contribution in [0.4, 0.5) is 4.39 Å². The summed E-state index contributed by atoms with van der Waals surface area (Å²) in [5.74, 6) is -2.23. The molecule has 0 bridgehead atoms. The lowest BCUT2D eigenvalue weighted by Crippen LogP contribution is -2.72. The predicted octanol–water partition coefficient (Wildman–Crippen LogP) is 1.40. The quantitative estimate of drug-likeness (QED) is 0.791. The third-order valence-corrected chi connectivity index (χ3v) is 5.32. The van der Waals surface area contributed by atoms with Crippen molar-refractivity contribution in [2.24, 2.45) is 11.8 Å². The van der Waals surface area contributed by atoms with Crippen molar-refractivity contribution in [1.29, 1.82) is 0 Å². The second kappa shape index (κ2) is 4.72. The monoisotopic (exact) mass is 275 g/mol. The third kappa shape index (κ3) is 1.81. The molecule has 2 aliphatic heterocycles. The SMILES string of the molecule is CSC1C[C@@H]2[C@@H]([C@@H](C)F)C(=O)N2C(C)C1C(=O)O. The summed E-state index contributed by atoms with van der Waals surface area (Å²) in [5.41, 5.74) is 0. The topological polar surface area (TPSA) is 57.6 Å². The fourth-order valence-electron chi connectivity index (χ4n) is 3.33. The zero-order valence-electron chi connectivity index (χ0n) is 10.7.